The molecule has 3 rings (SSSR count). The van der Waals surface area contributed by atoms with Crippen molar-refractivity contribution in [2.24, 2.45) is 5.92 Å². The number of aromatic nitrogens is 1. The highest BCUT2D eigenvalue weighted by molar-refractivity contribution is 5.93. The summed E-state index contributed by atoms with van der Waals surface area (Å²) in [6.45, 7) is 12.5. The van der Waals surface area contributed by atoms with Gasteiger partial charge in [0.15, 0.2) is 0 Å². The topological polar surface area (TPSA) is 45.7 Å². The number of carbonyl (C=O) groups excluding carboxylic acids is 1. The zero-order chi connectivity index (χ0) is 19.6. The fraction of sp³-hybridized carbons (Fsp3) is 0.545. The zero-order valence-electron chi connectivity index (χ0n) is 17.1. The molecule has 1 aliphatic heterocycles. The van der Waals surface area contributed by atoms with E-state index in [1.165, 1.54) is 11.1 Å². The molecule has 0 saturated carbocycles. The van der Waals surface area contributed by atoms with Gasteiger partial charge in [-0.2, -0.15) is 0 Å². The number of hydrogen-bond donors (Lipinski definition) is 0. The molecule has 1 unspecified atom stereocenters. The minimum atomic E-state index is -0.473. The lowest BCUT2D eigenvalue weighted by Crippen LogP contribution is -2.56. The van der Waals surface area contributed by atoms with Crippen LogP contribution in [0.3, 0.4) is 0 Å². The Morgan fingerprint density at radius 2 is 2.04 bits per heavy atom. The van der Waals surface area contributed by atoms with Crippen molar-refractivity contribution in [2.45, 2.75) is 52.7 Å². The molecule has 146 valence electrons. The number of ether oxygens (including phenoxy) is 1. The van der Waals surface area contributed by atoms with E-state index >= 15 is 0 Å². The summed E-state index contributed by atoms with van der Waals surface area (Å²) in [6, 6.07) is 8.55. The standard InChI is InChI=1S/C22H31N3O2/c1-16(2)13-18-15-24(11-12-25(18)21(26)27-22(3,4)5)20-8-6-7-17-14-23-10-9-19(17)20/h6-10,14,16,18H,11-13,15H2,1-5H3. The van der Waals surface area contributed by atoms with Crippen molar-refractivity contribution in [2.75, 3.05) is 24.5 Å². The minimum Gasteiger partial charge on any atom is -0.444 e. The van der Waals surface area contributed by atoms with E-state index in [0.29, 0.717) is 12.5 Å². The van der Waals surface area contributed by atoms with Gasteiger partial charge in [-0.25, -0.2) is 4.79 Å². The van der Waals surface area contributed by atoms with Gasteiger partial charge in [-0.15, -0.1) is 0 Å². The molecule has 0 radical (unpaired) electrons. The summed E-state index contributed by atoms with van der Waals surface area (Å²) in [7, 11) is 0. The maximum atomic E-state index is 12.7. The number of carbonyl (C=O) groups is 1. The Bertz CT molecular complexity index is 792. The van der Waals surface area contributed by atoms with Crippen molar-refractivity contribution in [3.8, 4) is 0 Å². The normalized spacial score (nSPS) is 18.2. The Balaban J connectivity index is 1.84. The lowest BCUT2D eigenvalue weighted by Gasteiger charge is -2.43. The van der Waals surface area contributed by atoms with Crippen LogP contribution in [-0.4, -0.2) is 47.3 Å². The highest BCUT2D eigenvalue weighted by atomic mass is 16.6. The second-order valence-electron chi connectivity index (χ2n) is 8.78. The molecule has 0 N–H and O–H groups in total. The minimum absolute atomic E-state index is 0.144. The number of fused-ring (bicyclic) bond motifs is 1. The summed E-state index contributed by atoms with van der Waals surface area (Å²) < 4.78 is 5.66. The number of hydrogen-bond acceptors (Lipinski definition) is 4. The van der Waals surface area contributed by atoms with Crippen molar-refractivity contribution in [1.82, 2.24) is 9.88 Å². The smallest absolute Gasteiger partial charge is 0.410 e. The molecular formula is C22H31N3O2. The van der Waals surface area contributed by atoms with E-state index in [-0.39, 0.29) is 12.1 Å². The average molecular weight is 370 g/mol. The third-order valence-corrected chi connectivity index (χ3v) is 4.85. The average Bonchev–Trinajstić information content (AvgIpc) is 2.59. The summed E-state index contributed by atoms with van der Waals surface area (Å²) in [5, 5.41) is 2.35. The van der Waals surface area contributed by atoms with Gasteiger partial charge in [-0.1, -0.05) is 26.0 Å². The second kappa shape index (κ2) is 7.75. The fourth-order valence-electron chi connectivity index (χ4n) is 3.76. The maximum absolute atomic E-state index is 12.7. The molecule has 1 aromatic carbocycles. The number of piperazine rings is 1. The van der Waals surface area contributed by atoms with E-state index in [4.69, 9.17) is 4.74 Å². The van der Waals surface area contributed by atoms with E-state index in [0.717, 1.165) is 24.9 Å². The summed E-state index contributed by atoms with van der Waals surface area (Å²) >= 11 is 0. The maximum Gasteiger partial charge on any atom is 0.410 e. The Kier molecular flexibility index (Phi) is 5.59. The van der Waals surface area contributed by atoms with Gasteiger partial charge < -0.3 is 14.5 Å². The van der Waals surface area contributed by atoms with Gasteiger partial charge in [0, 0.05) is 48.5 Å². The molecule has 1 saturated heterocycles. The van der Waals surface area contributed by atoms with E-state index in [2.05, 4.69) is 48.0 Å². The van der Waals surface area contributed by atoms with E-state index in [9.17, 15) is 4.79 Å². The first kappa shape index (κ1) is 19.5. The van der Waals surface area contributed by atoms with Gasteiger partial charge in [-0.3, -0.25) is 4.98 Å². The molecule has 1 amide bonds. The van der Waals surface area contributed by atoms with Crippen LogP contribution in [0.5, 0.6) is 0 Å². The van der Waals surface area contributed by atoms with Gasteiger partial charge in [-0.05, 0) is 45.2 Å². The molecule has 5 nitrogen and oxygen atoms in total. The van der Waals surface area contributed by atoms with Crippen molar-refractivity contribution in [1.29, 1.82) is 0 Å². The fourth-order valence-corrected chi connectivity index (χ4v) is 3.76. The number of rotatable bonds is 3. The number of anilines is 1. The molecule has 5 heteroatoms. The molecule has 2 heterocycles. The Morgan fingerprint density at radius 3 is 2.74 bits per heavy atom. The predicted octanol–water partition coefficient (Wildman–Crippen LogP) is 4.71. The Morgan fingerprint density at radius 1 is 1.26 bits per heavy atom. The molecule has 1 fully saturated rings. The van der Waals surface area contributed by atoms with Crippen LogP contribution >= 0.6 is 0 Å². The van der Waals surface area contributed by atoms with Crippen LogP contribution in [-0.2, 0) is 4.74 Å². The zero-order valence-corrected chi connectivity index (χ0v) is 17.1. The van der Waals surface area contributed by atoms with Crippen LogP contribution < -0.4 is 4.90 Å². The highest BCUT2D eigenvalue weighted by Gasteiger charge is 2.34. The molecule has 2 aromatic rings. The predicted molar refractivity (Wildman–Crippen MR) is 110 cm³/mol. The Hall–Kier alpha value is -2.30. The van der Waals surface area contributed by atoms with Crippen LogP contribution in [0.2, 0.25) is 0 Å². The quantitative estimate of drug-likeness (QED) is 0.786. The second-order valence-corrected chi connectivity index (χ2v) is 8.78. The first-order chi connectivity index (χ1) is 12.7. The number of amides is 1. The number of pyridine rings is 1. The summed E-state index contributed by atoms with van der Waals surface area (Å²) in [6.07, 6.45) is 4.51. The highest BCUT2D eigenvalue weighted by Crippen LogP contribution is 2.30. The SMILES string of the molecule is CC(C)CC1CN(c2cccc3cnccc23)CCN1C(=O)OC(C)(C)C. The first-order valence-electron chi connectivity index (χ1n) is 9.82. The van der Waals surface area contributed by atoms with Gasteiger partial charge in [0.1, 0.15) is 5.60 Å². The van der Waals surface area contributed by atoms with Crippen molar-refractivity contribution in [3.63, 3.8) is 0 Å². The van der Waals surface area contributed by atoms with E-state index in [1.807, 2.05) is 38.1 Å². The van der Waals surface area contributed by atoms with Crippen LogP contribution in [0.1, 0.15) is 41.0 Å². The van der Waals surface area contributed by atoms with Crippen molar-refractivity contribution < 1.29 is 9.53 Å². The Labute approximate surface area is 162 Å². The van der Waals surface area contributed by atoms with Crippen molar-refractivity contribution >= 4 is 22.6 Å². The van der Waals surface area contributed by atoms with Gasteiger partial charge in [0.2, 0.25) is 0 Å². The third-order valence-electron chi connectivity index (χ3n) is 4.85. The summed E-state index contributed by atoms with van der Waals surface area (Å²) in [5.41, 5.74) is 0.742. The molecule has 0 spiro atoms. The van der Waals surface area contributed by atoms with E-state index < -0.39 is 5.60 Å². The molecule has 0 aliphatic carbocycles. The van der Waals surface area contributed by atoms with Crippen LogP contribution in [0.15, 0.2) is 36.7 Å². The molecule has 1 aliphatic rings. The molecule has 27 heavy (non-hydrogen) atoms. The molecule has 1 atom stereocenters. The van der Waals surface area contributed by atoms with Crippen molar-refractivity contribution in [3.05, 3.63) is 36.7 Å². The van der Waals surface area contributed by atoms with Crippen LogP contribution in [0, 0.1) is 5.92 Å². The largest absolute Gasteiger partial charge is 0.444 e. The van der Waals surface area contributed by atoms with Gasteiger partial charge >= 0.3 is 6.09 Å². The lowest BCUT2D eigenvalue weighted by molar-refractivity contribution is 0.0120. The lowest BCUT2D eigenvalue weighted by atomic mass is 9.99. The molecule has 1 aromatic heterocycles. The summed E-state index contributed by atoms with van der Waals surface area (Å²) in [4.78, 5) is 21.3. The molecule has 0 bridgehead atoms. The monoisotopic (exact) mass is 369 g/mol. The van der Waals surface area contributed by atoms with Crippen LogP contribution in [0.25, 0.3) is 10.8 Å². The number of benzene rings is 1. The van der Waals surface area contributed by atoms with Crippen LogP contribution in [0.4, 0.5) is 10.5 Å². The molecular weight excluding hydrogens is 338 g/mol. The third kappa shape index (κ3) is 4.71. The van der Waals surface area contributed by atoms with E-state index in [1.54, 1.807) is 0 Å². The first-order valence-corrected chi connectivity index (χ1v) is 9.82. The van der Waals surface area contributed by atoms with Gasteiger partial charge in [0.25, 0.3) is 0 Å². The number of nitrogens with zero attached hydrogens (tertiary/aromatic N) is 3. The van der Waals surface area contributed by atoms with Gasteiger partial charge in [0.05, 0.1) is 6.04 Å². The summed E-state index contributed by atoms with van der Waals surface area (Å²) in [5.74, 6) is 0.511.